The van der Waals surface area contributed by atoms with Crippen molar-refractivity contribution in [3.8, 4) is 0 Å². The van der Waals surface area contributed by atoms with E-state index in [-0.39, 0.29) is 5.75 Å². The third kappa shape index (κ3) is 3.86. The highest BCUT2D eigenvalue weighted by Gasteiger charge is 2.39. The van der Waals surface area contributed by atoms with Gasteiger partial charge in [-0.25, -0.2) is 8.42 Å². The fraction of sp³-hybridized carbons (Fsp3) is 0.688. The van der Waals surface area contributed by atoms with E-state index in [1.165, 1.54) is 18.4 Å². The molecule has 1 aliphatic carbocycles. The van der Waals surface area contributed by atoms with Crippen molar-refractivity contribution in [2.45, 2.75) is 38.8 Å². The lowest BCUT2D eigenvalue weighted by Crippen LogP contribution is -2.61. The second-order valence-electron chi connectivity index (χ2n) is 6.52. The van der Waals surface area contributed by atoms with Gasteiger partial charge in [0.2, 0.25) is 10.0 Å². The summed E-state index contributed by atoms with van der Waals surface area (Å²) in [4.78, 5) is 6.53. The van der Waals surface area contributed by atoms with Crippen LogP contribution in [0.1, 0.15) is 31.7 Å². The number of pyridine rings is 1. The maximum atomic E-state index is 12.1. The van der Waals surface area contributed by atoms with Gasteiger partial charge in [0, 0.05) is 44.6 Å². The van der Waals surface area contributed by atoms with E-state index in [9.17, 15) is 8.42 Å². The van der Waals surface area contributed by atoms with Gasteiger partial charge in [0.25, 0.3) is 0 Å². The molecule has 2 heterocycles. The Morgan fingerprint density at radius 1 is 1.27 bits per heavy atom. The highest BCUT2D eigenvalue weighted by Crippen LogP contribution is 2.32. The van der Waals surface area contributed by atoms with Crippen molar-refractivity contribution in [1.82, 2.24) is 14.2 Å². The summed E-state index contributed by atoms with van der Waals surface area (Å²) in [6.07, 6.45) is 6.97. The van der Waals surface area contributed by atoms with Crippen molar-refractivity contribution in [3.05, 3.63) is 30.1 Å². The first-order valence-corrected chi connectivity index (χ1v) is 9.80. The molecular weight excluding hydrogens is 298 g/mol. The standard InChI is InChI=1S/C16H25N3O2S/c1-2-9-22(20,21)19-12-16(13-19)18(10-14-3-4-14)11-15-5-7-17-8-6-15/h5-8,14,16H,2-4,9-13H2,1H3. The van der Waals surface area contributed by atoms with Crippen LogP contribution in [0.15, 0.2) is 24.5 Å². The largest absolute Gasteiger partial charge is 0.293 e. The first kappa shape index (κ1) is 15.9. The highest BCUT2D eigenvalue weighted by molar-refractivity contribution is 7.89. The quantitative estimate of drug-likeness (QED) is 0.731. The molecule has 0 bridgehead atoms. The van der Waals surface area contributed by atoms with Gasteiger partial charge in [-0.15, -0.1) is 0 Å². The van der Waals surface area contributed by atoms with E-state index in [0.29, 0.717) is 25.6 Å². The van der Waals surface area contributed by atoms with Crippen molar-refractivity contribution in [1.29, 1.82) is 0 Å². The van der Waals surface area contributed by atoms with Crippen LogP contribution in [-0.4, -0.2) is 54.0 Å². The maximum Gasteiger partial charge on any atom is 0.214 e. The molecule has 2 fully saturated rings. The van der Waals surface area contributed by atoms with Gasteiger partial charge in [0.15, 0.2) is 0 Å². The zero-order valence-corrected chi connectivity index (χ0v) is 14.0. The normalized spacial score (nSPS) is 20.3. The minimum atomic E-state index is -3.03. The molecule has 0 unspecified atom stereocenters. The molecular formula is C16H25N3O2S. The van der Waals surface area contributed by atoms with E-state index in [4.69, 9.17) is 0 Å². The van der Waals surface area contributed by atoms with Gasteiger partial charge >= 0.3 is 0 Å². The van der Waals surface area contributed by atoms with Crippen LogP contribution in [0.5, 0.6) is 0 Å². The van der Waals surface area contributed by atoms with Crippen LogP contribution in [0, 0.1) is 5.92 Å². The average Bonchev–Trinajstić information content (AvgIpc) is 3.21. The summed E-state index contributed by atoms with van der Waals surface area (Å²) in [5.41, 5.74) is 1.26. The fourth-order valence-corrected chi connectivity index (χ4v) is 4.53. The lowest BCUT2D eigenvalue weighted by atomic mass is 10.1. The smallest absolute Gasteiger partial charge is 0.214 e. The van der Waals surface area contributed by atoms with E-state index in [0.717, 1.165) is 19.0 Å². The highest BCUT2D eigenvalue weighted by atomic mass is 32.2. The Morgan fingerprint density at radius 2 is 1.95 bits per heavy atom. The van der Waals surface area contributed by atoms with Crippen molar-refractivity contribution >= 4 is 10.0 Å². The number of hydrogen-bond acceptors (Lipinski definition) is 4. The molecule has 6 heteroatoms. The third-order valence-electron chi connectivity index (χ3n) is 4.53. The Balaban J connectivity index is 1.59. The monoisotopic (exact) mass is 323 g/mol. The lowest BCUT2D eigenvalue weighted by Gasteiger charge is -2.44. The Kier molecular flexibility index (Phi) is 4.80. The summed E-state index contributed by atoms with van der Waals surface area (Å²) in [7, 11) is -3.03. The van der Waals surface area contributed by atoms with Gasteiger partial charge in [-0.3, -0.25) is 9.88 Å². The van der Waals surface area contributed by atoms with Crippen LogP contribution in [0.4, 0.5) is 0 Å². The third-order valence-corrected chi connectivity index (χ3v) is 6.53. The Labute approximate surface area is 133 Å². The van der Waals surface area contributed by atoms with E-state index in [2.05, 4.69) is 9.88 Å². The first-order chi connectivity index (χ1) is 10.6. The van der Waals surface area contributed by atoms with E-state index in [1.54, 1.807) is 4.31 Å². The van der Waals surface area contributed by atoms with E-state index < -0.39 is 10.0 Å². The van der Waals surface area contributed by atoms with Crippen LogP contribution >= 0.6 is 0 Å². The number of sulfonamides is 1. The molecule has 0 radical (unpaired) electrons. The zero-order valence-electron chi connectivity index (χ0n) is 13.2. The first-order valence-electron chi connectivity index (χ1n) is 8.19. The van der Waals surface area contributed by atoms with Crippen molar-refractivity contribution in [3.63, 3.8) is 0 Å². The topological polar surface area (TPSA) is 53.5 Å². The van der Waals surface area contributed by atoms with Crippen LogP contribution in [-0.2, 0) is 16.6 Å². The predicted octanol–water partition coefficient (Wildman–Crippen LogP) is 1.72. The molecule has 0 amide bonds. The molecule has 2 aliphatic rings. The van der Waals surface area contributed by atoms with Gasteiger partial charge in [-0.2, -0.15) is 4.31 Å². The van der Waals surface area contributed by atoms with Gasteiger partial charge < -0.3 is 0 Å². The van der Waals surface area contributed by atoms with Gasteiger partial charge in [-0.1, -0.05) is 6.92 Å². The van der Waals surface area contributed by atoms with Crippen molar-refractivity contribution < 1.29 is 8.42 Å². The Morgan fingerprint density at radius 3 is 2.55 bits per heavy atom. The SMILES string of the molecule is CCCS(=O)(=O)N1CC(N(Cc2ccncc2)CC2CC2)C1. The molecule has 0 N–H and O–H groups in total. The van der Waals surface area contributed by atoms with Crippen molar-refractivity contribution in [2.75, 3.05) is 25.4 Å². The molecule has 122 valence electrons. The van der Waals surface area contributed by atoms with Gasteiger partial charge in [0.1, 0.15) is 0 Å². The second-order valence-corrected chi connectivity index (χ2v) is 8.60. The molecule has 1 aromatic rings. The van der Waals surface area contributed by atoms with Crippen LogP contribution in [0.3, 0.4) is 0 Å². The predicted molar refractivity (Wildman–Crippen MR) is 86.8 cm³/mol. The molecule has 22 heavy (non-hydrogen) atoms. The molecule has 1 saturated heterocycles. The van der Waals surface area contributed by atoms with Gasteiger partial charge in [-0.05, 0) is 42.9 Å². The number of rotatable bonds is 8. The molecule has 5 nitrogen and oxygen atoms in total. The van der Waals surface area contributed by atoms with Crippen molar-refractivity contribution in [2.24, 2.45) is 5.92 Å². The van der Waals surface area contributed by atoms with Crippen LogP contribution < -0.4 is 0 Å². The lowest BCUT2D eigenvalue weighted by molar-refractivity contribution is 0.0771. The van der Waals surface area contributed by atoms with Crippen LogP contribution in [0.2, 0.25) is 0 Å². The summed E-state index contributed by atoms with van der Waals surface area (Å²) in [6, 6.07) is 4.45. The Bertz CT molecular complexity index is 581. The summed E-state index contributed by atoms with van der Waals surface area (Å²) in [5.74, 6) is 1.08. The number of nitrogens with zero attached hydrogens (tertiary/aromatic N) is 3. The number of hydrogen-bond donors (Lipinski definition) is 0. The Hall–Kier alpha value is -0.980. The molecule has 3 rings (SSSR count). The number of aromatic nitrogens is 1. The minimum Gasteiger partial charge on any atom is -0.293 e. The molecule has 0 atom stereocenters. The summed E-state index contributed by atoms with van der Waals surface area (Å²) in [6.45, 7) is 5.21. The van der Waals surface area contributed by atoms with Crippen LogP contribution in [0.25, 0.3) is 0 Å². The molecule has 0 spiro atoms. The summed E-state index contributed by atoms with van der Waals surface area (Å²) in [5, 5.41) is 0. The fourth-order valence-electron chi connectivity index (χ4n) is 2.96. The maximum absolute atomic E-state index is 12.1. The van der Waals surface area contributed by atoms with E-state index >= 15 is 0 Å². The molecule has 1 aromatic heterocycles. The molecule has 1 aliphatic heterocycles. The second kappa shape index (κ2) is 6.64. The zero-order chi connectivity index (χ0) is 15.6. The molecule has 1 saturated carbocycles. The van der Waals surface area contributed by atoms with E-state index in [1.807, 2.05) is 31.5 Å². The summed E-state index contributed by atoms with van der Waals surface area (Å²) >= 11 is 0. The summed E-state index contributed by atoms with van der Waals surface area (Å²) < 4.78 is 25.8. The molecule has 0 aromatic carbocycles. The van der Waals surface area contributed by atoms with Gasteiger partial charge in [0.05, 0.1) is 5.75 Å². The average molecular weight is 323 g/mol. The minimum absolute atomic E-state index is 0.271.